The number of nitrogens with zero attached hydrogens (tertiary/aromatic N) is 4. The number of nitrogens with two attached hydrogens (primary N) is 1. The molecule has 2 heterocycles. The van der Waals surface area contributed by atoms with Gasteiger partial charge in [-0.3, -0.25) is 9.89 Å². The van der Waals surface area contributed by atoms with Gasteiger partial charge in [-0.15, -0.1) is 0 Å². The normalized spacial score (nSPS) is 14.9. The van der Waals surface area contributed by atoms with E-state index in [-0.39, 0.29) is 5.91 Å². The fourth-order valence-electron chi connectivity index (χ4n) is 4.05. The molecule has 0 bridgehead atoms. The predicted octanol–water partition coefficient (Wildman–Crippen LogP) is 2.83. The summed E-state index contributed by atoms with van der Waals surface area (Å²) in [5.41, 5.74) is 9.33. The second-order valence-electron chi connectivity index (χ2n) is 7.88. The second kappa shape index (κ2) is 9.09. The van der Waals surface area contributed by atoms with Crippen LogP contribution in [0.3, 0.4) is 0 Å². The molecule has 1 amide bonds. The Labute approximate surface area is 176 Å². The van der Waals surface area contributed by atoms with Gasteiger partial charge in [-0.2, -0.15) is 5.10 Å². The van der Waals surface area contributed by atoms with Gasteiger partial charge in [0.15, 0.2) is 5.82 Å². The van der Waals surface area contributed by atoms with E-state index < -0.39 is 0 Å². The van der Waals surface area contributed by atoms with Crippen LogP contribution in [-0.2, 0) is 6.42 Å². The molecule has 1 saturated heterocycles. The van der Waals surface area contributed by atoms with E-state index in [1.54, 1.807) is 18.2 Å². The number of amides is 1. The number of hydrogen-bond acceptors (Lipinski definition) is 5. The Morgan fingerprint density at radius 2 is 1.97 bits per heavy atom. The zero-order chi connectivity index (χ0) is 20.9. The number of aromatic amines is 1. The molecule has 1 aliphatic heterocycles. The Balaban J connectivity index is 1.34. The largest absolute Gasteiger partial charge is 0.398 e. The average Bonchev–Trinajstić information content (AvgIpc) is 3.33. The van der Waals surface area contributed by atoms with E-state index in [4.69, 9.17) is 5.73 Å². The number of likely N-dealkylation sites (tertiary alicyclic amines) is 1. The topological polar surface area (TPSA) is 91.1 Å². The average molecular weight is 405 g/mol. The summed E-state index contributed by atoms with van der Waals surface area (Å²) in [6.45, 7) is 2.56. The minimum atomic E-state index is 0.0427. The third kappa shape index (κ3) is 4.52. The minimum Gasteiger partial charge on any atom is -0.398 e. The number of rotatable bonds is 6. The molecule has 1 aliphatic rings. The highest BCUT2D eigenvalue weighted by Crippen LogP contribution is 2.25. The van der Waals surface area contributed by atoms with Crippen LogP contribution in [0.4, 0.5) is 5.69 Å². The van der Waals surface area contributed by atoms with Gasteiger partial charge in [-0.1, -0.05) is 30.3 Å². The maximum Gasteiger partial charge on any atom is 0.253 e. The first kappa shape index (κ1) is 20.1. The molecule has 3 aromatic rings. The van der Waals surface area contributed by atoms with Crippen molar-refractivity contribution < 1.29 is 4.79 Å². The van der Waals surface area contributed by atoms with Crippen molar-refractivity contribution in [3.05, 3.63) is 66.0 Å². The molecule has 0 saturated carbocycles. The highest BCUT2D eigenvalue weighted by atomic mass is 16.2. The van der Waals surface area contributed by atoms with Crippen molar-refractivity contribution in [2.45, 2.75) is 25.3 Å². The number of H-pyrrole nitrogens is 1. The van der Waals surface area contributed by atoms with Gasteiger partial charge in [0, 0.05) is 42.5 Å². The van der Waals surface area contributed by atoms with Crippen LogP contribution in [-0.4, -0.2) is 63.6 Å². The summed E-state index contributed by atoms with van der Waals surface area (Å²) in [6, 6.07) is 16.4. The Morgan fingerprint density at radius 1 is 1.20 bits per heavy atom. The molecule has 156 valence electrons. The van der Waals surface area contributed by atoms with Crippen molar-refractivity contribution in [3.8, 4) is 11.4 Å². The molecule has 4 rings (SSSR count). The van der Waals surface area contributed by atoms with Gasteiger partial charge in [-0.25, -0.2) is 4.98 Å². The molecule has 0 unspecified atom stereocenters. The smallest absolute Gasteiger partial charge is 0.253 e. The van der Waals surface area contributed by atoms with E-state index in [2.05, 4.69) is 57.5 Å². The van der Waals surface area contributed by atoms with Crippen LogP contribution in [0.5, 0.6) is 0 Å². The summed E-state index contributed by atoms with van der Waals surface area (Å²) in [4.78, 5) is 21.6. The van der Waals surface area contributed by atoms with Gasteiger partial charge in [0.25, 0.3) is 5.91 Å². The molecular formula is C23H28N6O. The zero-order valence-corrected chi connectivity index (χ0v) is 17.3. The molecule has 1 aromatic heterocycles. The summed E-state index contributed by atoms with van der Waals surface area (Å²) >= 11 is 0. The first-order valence-electron chi connectivity index (χ1n) is 10.4. The fraction of sp³-hybridized carbons (Fsp3) is 0.348. The Morgan fingerprint density at radius 3 is 2.67 bits per heavy atom. The first-order valence-corrected chi connectivity index (χ1v) is 10.4. The number of carbonyl (C=O) groups is 1. The standard InChI is InChI=1S/C23H28N6O/c1-28(12-9-17-5-3-2-4-6-17)19-10-13-29(14-11-19)23(30)18-7-8-21(24)20(15-18)22-25-16-26-27-22/h2-8,15-16,19H,9-14,24H2,1H3,(H,25,26,27). The lowest BCUT2D eigenvalue weighted by Gasteiger charge is -2.37. The van der Waals surface area contributed by atoms with E-state index >= 15 is 0 Å². The van der Waals surface area contributed by atoms with Crippen molar-refractivity contribution in [2.24, 2.45) is 0 Å². The number of anilines is 1. The molecule has 30 heavy (non-hydrogen) atoms. The van der Waals surface area contributed by atoms with Crippen LogP contribution in [0.2, 0.25) is 0 Å². The van der Waals surface area contributed by atoms with E-state index in [0.29, 0.717) is 28.7 Å². The predicted molar refractivity (Wildman–Crippen MR) is 118 cm³/mol. The van der Waals surface area contributed by atoms with Crippen molar-refractivity contribution in [2.75, 3.05) is 32.4 Å². The van der Waals surface area contributed by atoms with Gasteiger partial charge >= 0.3 is 0 Å². The van der Waals surface area contributed by atoms with Crippen LogP contribution in [0, 0.1) is 0 Å². The van der Waals surface area contributed by atoms with E-state index in [1.165, 1.54) is 11.9 Å². The lowest BCUT2D eigenvalue weighted by molar-refractivity contribution is 0.0647. The first-order chi connectivity index (χ1) is 14.6. The van der Waals surface area contributed by atoms with Crippen LogP contribution >= 0.6 is 0 Å². The number of carbonyl (C=O) groups excluding carboxylic acids is 1. The lowest BCUT2D eigenvalue weighted by atomic mass is 10.0. The lowest BCUT2D eigenvalue weighted by Crippen LogP contribution is -2.46. The zero-order valence-electron chi connectivity index (χ0n) is 17.3. The van der Waals surface area contributed by atoms with Crippen LogP contribution < -0.4 is 5.73 Å². The Bertz CT molecular complexity index is 965. The summed E-state index contributed by atoms with van der Waals surface area (Å²) < 4.78 is 0. The number of nitrogens with one attached hydrogen (secondary N) is 1. The molecule has 0 atom stereocenters. The molecule has 3 N–H and O–H groups in total. The van der Waals surface area contributed by atoms with Gasteiger partial charge < -0.3 is 15.5 Å². The molecule has 2 aromatic carbocycles. The maximum atomic E-state index is 13.0. The fourth-order valence-corrected chi connectivity index (χ4v) is 4.05. The van der Waals surface area contributed by atoms with Gasteiger partial charge in [0.1, 0.15) is 6.33 Å². The third-order valence-corrected chi connectivity index (χ3v) is 5.94. The monoisotopic (exact) mass is 404 g/mol. The van der Waals surface area contributed by atoms with Crippen molar-refractivity contribution in [3.63, 3.8) is 0 Å². The highest BCUT2D eigenvalue weighted by molar-refractivity contribution is 5.96. The molecule has 1 fully saturated rings. The van der Waals surface area contributed by atoms with Crippen molar-refractivity contribution in [1.29, 1.82) is 0 Å². The summed E-state index contributed by atoms with van der Waals surface area (Å²) in [5.74, 6) is 0.613. The quantitative estimate of drug-likeness (QED) is 0.617. The molecule has 7 nitrogen and oxygen atoms in total. The number of likely N-dealkylation sites (N-methyl/N-ethyl adjacent to an activating group) is 1. The van der Waals surface area contributed by atoms with E-state index in [9.17, 15) is 4.79 Å². The van der Waals surface area contributed by atoms with Crippen molar-refractivity contribution >= 4 is 11.6 Å². The number of benzene rings is 2. The summed E-state index contributed by atoms with van der Waals surface area (Å²) in [5, 5.41) is 6.68. The third-order valence-electron chi connectivity index (χ3n) is 5.94. The van der Waals surface area contributed by atoms with Crippen LogP contribution in [0.25, 0.3) is 11.4 Å². The van der Waals surface area contributed by atoms with Crippen LogP contribution in [0.1, 0.15) is 28.8 Å². The Hall–Kier alpha value is -3.19. The molecular weight excluding hydrogens is 376 g/mol. The molecule has 7 heteroatoms. The second-order valence-corrected chi connectivity index (χ2v) is 7.88. The van der Waals surface area contributed by atoms with E-state index in [1.807, 2.05) is 4.90 Å². The number of hydrogen-bond donors (Lipinski definition) is 2. The van der Waals surface area contributed by atoms with Crippen molar-refractivity contribution in [1.82, 2.24) is 25.0 Å². The molecule has 0 aliphatic carbocycles. The minimum absolute atomic E-state index is 0.0427. The molecule has 0 radical (unpaired) electrons. The number of piperidine rings is 1. The van der Waals surface area contributed by atoms with Crippen LogP contribution in [0.15, 0.2) is 54.9 Å². The molecule has 0 spiro atoms. The Kier molecular flexibility index (Phi) is 6.09. The number of aromatic nitrogens is 3. The maximum absolute atomic E-state index is 13.0. The van der Waals surface area contributed by atoms with E-state index in [0.717, 1.165) is 38.9 Å². The highest BCUT2D eigenvalue weighted by Gasteiger charge is 2.26. The van der Waals surface area contributed by atoms with Gasteiger partial charge in [0.05, 0.1) is 0 Å². The SMILES string of the molecule is CN(CCc1ccccc1)C1CCN(C(=O)c2ccc(N)c(-c3ncn[nH]3)c2)CC1. The van der Waals surface area contributed by atoms with Gasteiger partial charge in [0.2, 0.25) is 0 Å². The number of nitrogen functional groups attached to an aromatic ring is 1. The summed E-state index contributed by atoms with van der Waals surface area (Å²) in [7, 11) is 2.19. The van der Waals surface area contributed by atoms with Gasteiger partial charge in [-0.05, 0) is 50.1 Å². The summed E-state index contributed by atoms with van der Waals surface area (Å²) in [6.07, 6.45) is 4.45.